The number of nitrogens with one attached hydrogen (secondary N) is 1. The van der Waals surface area contributed by atoms with Crippen molar-refractivity contribution in [3.8, 4) is 0 Å². The normalized spacial score (nSPS) is 16.1. The van der Waals surface area contributed by atoms with Crippen LogP contribution >= 0.6 is 34.7 Å². The zero-order chi connectivity index (χ0) is 16.2. The molecule has 1 aromatic carbocycles. The lowest BCUT2D eigenvalue weighted by molar-refractivity contribution is -0.124. The molecule has 2 amide bonds. The first kappa shape index (κ1) is 16.0. The average molecular weight is 366 g/mol. The molecule has 0 bridgehead atoms. The van der Waals surface area contributed by atoms with E-state index in [9.17, 15) is 9.59 Å². The van der Waals surface area contributed by atoms with Crippen LogP contribution in [0.25, 0.3) is 0 Å². The maximum absolute atomic E-state index is 12.0. The number of rotatable bonds is 4. The Balaban J connectivity index is 1.70. The first-order valence-electron chi connectivity index (χ1n) is 6.74. The molecule has 2 aromatic rings. The van der Waals surface area contributed by atoms with Gasteiger partial charge in [-0.15, -0.1) is 16.4 Å². The summed E-state index contributed by atoms with van der Waals surface area (Å²) in [6.07, 6.45) is 0. The Morgan fingerprint density at radius 1 is 1.26 bits per heavy atom. The van der Waals surface area contributed by atoms with Gasteiger partial charge in [0.1, 0.15) is 0 Å². The van der Waals surface area contributed by atoms with Crippen LogP contribution < -0.4 is 5.43 Å². The molecule has 1 aliphatic rings. The molecular formula is C15H12ClN3O2S2. The summed E-state index contributed by atoms with van der Waals surface area (Å²) in [5.74, 6) is -0.0353. The average Bonchev–Trinajstić information content (AvgIpc) is 3.14. The van der Waals surface area contributed by atoms with E-state index in [-0.39, 0.29) is 11.8 Å². The summed E-state index contributed by atoms with van der Waals surface area (Å²) >= 11 is 8.30. The van der Waals surface area contributed by atoms with Gasteiger partial charge in [0.05, 0.1) is 21.5 Å². The SMILES string of the molecule is O=C(NN=C1SCC(=O)N1Cc1ccccc1)c1ccc(Cl)s1. The van der Waals surface area contributed by atoms with Gasteiger partial charge in [-0.2, -0.15) is 0 Å². The number of thioether (sulfide) groups is 1. The number of nitrogens with zero attached hydrogens (tertiary/aromatic N) is 2. The molecule has 0 unspecified atom stereocenters. The highest BCUT2D eigenvalue weighted by molar-refractivity contribution is 8.15. The number of carbonyl (C=O) groups excluding carboxylic acids is 2. The second-order valence-electron chi connectivity index (χ2n) is 4.69. The molecule has 5 nitrogen and oxygen atoms in total. The predicted molar refractivity (Wildman–Crippen MR) is 93.7 cm³/mol. The zero-order valence-electron chi connectivity index (χ0n) is 11.9. The number of carbonyl (C=O) groups is 2. The maximum atomic E-state index is 12.0. The van der Waals surface area contributed by atoms with E-state index < -0.39 is 0 Å². The molecule has 3 rings (SSSR count). The van der Waals surface area contributed by atoms with Gasteiger partial charge in [0.15, 0.2) is 5.17 Å². The molecule has 1 aliphatic heterocycles. The zero-order valence-corrected chi connectivity index (χ0v) is 14.2. The molecule has 0 radical (unpaired) electrons. The molecule has 118 valence electrons. The van der Waals surface area contributed by atoms with Crippen molar-refractivity contribution in [2.24, 2.45) is 5.10 Å². The van der Waals surface area contributed by atoms with Gasteiger partial charge in [-0.1, -0.05) is 53.7 Å². The van der Waals surface area contributed by atoms with E-state index in [1.54, 1.807) is 17.0 Å². The van der Waals surface area contributed by atoms with E-state index in [2.05, 4.69) is 10.5 Å². The number of hydrogen-bond acceptors (Lipinski definition) is 5. The second-order valence-corrected chi connectivity index (χ2v) is 7.35. The second kappa shape index (κ2) is 7.16. The third kappa shape index (κ3) is 3.93. The van der Waals surface area contributed by atoms with Gasteiger partial charge >= 0.3 is 0 Å². The summed E-state index contributed by atoms with van der Waals surface area (Å²) < 4.78 is 0.541. The lowest BCUT2D eigenvalue weighted by Gasteiger charge is -2.15. The van der Waals surface area contributed by atoms with E-state index in [0.29, 0.717) is 26.7 Å². The first-order valence-corrected chi connectivity index (χ1v) is 8.92. The fourth-order valence-corrected chi connectivity index (χ4v) is 3.77. The van der Waals surface area contributed by atoms with Gasteiger partial charge in [-0.05, 0) is 17.7 Å². The number of hydrogen-bond donors (Lipinski definition) is 1. The Morgan fingerprint density at radius 2 is 2.04 bits per heavy atom. The molecular weight excluding hydrogens is 354 g/mol. The highest BCUT2D eigenvalue weighted by Gasteiger charge is 2.28. The molecule has 23 heavy (non-hydrogen) atoms. The number of benzene rings is 1. The summed E-state index contributed by atoms with van der Waals surface area (Å²) in [7, 11) is 0. The minimum absolute atomic E-state index is 0.0222. The first-order chi connectivity index (χ1) is 11.1. The quantitative estimate of drug-likeness (QED) is 0.846. The Labute approximate surface area is 146 Å². The van der Waals surface area contributed by atoms with Gasteiger partial charge < -0.3 is 0 Å². The number of halogens is 1. The number of thiophene rings is 1. The van der Waals surface area contributed by atoms with Crippen LogP contribution in [0.15, 0.2) is 47.6 Å². The third-order valence-electron chi connectivity index (χ3n) is 3.09. The molecule has 1 aromatic heterocycles. The molecule has 1 N–H and O–H groups in total. The molecule has 8 heteroatoms. The summed E-state index contributed by atoms with van der Waals surface area (Å²) in [5, 5.41) is 4.58. The van der Waals surface area contributed by atoms with Crippen molar-refractivity contribution in [1.82, 2.24) is 10.3 Å². The van der Waals surface area contributed by atoms with Crippen molar-refractivity contribution in [2.45, 2.75) is 6.54 Å². The molecule has 0 aliphatic carbocycles. The maximum Gasteiger partial charge on any atom is 0.281 e. The molecule has 0 saturated carbocycles. The molecule has 0 spiro atoms. The van der Waals surface area contributed by atoms with Crippen LogP contribution in [-0.2, 0) is 11.3 Å². The van der Waals surface area contributed by atoms with Gasteiger partial charge in [-0.25, -0.2) is 5.43 Å². The summed E-state index contributed by atoms with van der Waals surface area (Å²) in [6.45, 7) is 0.437. The Bertz CT molecular complexity index is 761. The number of hydrazone groups is 1. The molecule has 0 atom stereocenters. The molecule has 2 heterocycles. The van der Waals surface area contributed by atoms with Crippen LogP contribution in [0.2, 0.25) is 4.34 Å². The summed E-state index contributed by atoms with van der Waals surface area (Å²) in [5.41, 5.74) is 3.48. The van der Waals surface area contributed by atoms with Crippen molar-refractivity contribution in [1.29, 1.82) is 0 Å². The van der Waals surface area contributed by atoms with Crippen LogP contribution in [0.1, 0.15) is 15.2 Å². The van der Waals surface area contributed by atoms with Gasteiger partial charge in [0, 0.05) is 0 Å². The lowest BCUT2D eigenvalue weighted by atomic mass is 10.2. The number of amides is 2. The topological polar surface area (TPSA) is 61.8 Å². The van der Waals surface area contributed by atoms with Gasteiger partial charge in [0.25, 0.3) is 5.91 Å². The monoisotopic (exact) mass is 365 g/mol. The Kier molecular flexibility index (Phi) is 5.00. The minimum atomic E-state index is -0.339. The van der Waals surface area contributed by atoms with E-state index in [4.69, 9.17) is 11.6 Å². The van der Waals surface area contributed by atoms with Crippen LogP contribution in [0, 0.1) is 0 Å². The van der Waals surface area contributed by atoms with Crippen LogP contribution in [-0.4, -0.2) is 27.6 Å². The van der Waals surface area contributed by atoms with E-state index in [0.717, 1.165) is 5.56 Å². The van der Waals surface area contributed by atoms with Crippen LogP contribution in [0.3, 0.4) is 0 Å². The highest BCUT2D eigenvalue weighted by atomic mass is 35.5. The standard InChI is InChI=1S/C15H12ClN3O2S2/c16-12-7-6-11(23-12)14(21)17-18-15-19(13(20)9-22-15)8-10-4-2-1-3-5-10/h1-7H,8-9H2,(H,17,21). The van der Waals surface area contributed by atoms with Crippen molar-refractivity contribution in [2.75, 3.05) is 5.75 Å². The van der Waals surface area contributed by atoms with Gasteiger partial charge in [-0.3, -0.25) is 14.5 Å². The minimum Gasteiger partial charge on any atom is -0.285 e. The van der Waals surface area contributed by atoms with Crippen molar-refractivity contribution >= 4 is 51.7 Å². The fourth-order valence-electron chi connectivity index (χ4n) is 1.99. The van der Waals surface area contributed by atoms with Gasteiger partial charge in [0.2, 0.25) is 5.91 Å². The fraction of sp³-hybridized carbons (Fsp3) is 0.133. The van der Waals surface area contributed by atoms with Crippen molar-refractivity contribution in [3.63, 3.8) is 0 Å². The molecule has 1 fully saturated rings. The van der Waals surface area contributed by atoms with E-state index in [1.165, 1.54) is 23.1 Å². The lowest BCUT2D eigenvalue weighted by Crippen LogP contribution is -2.31. The smallest absolute Gasteiger partial charge is 0.281 e. The summed E-state index contributed by atoms with van der Waals surface area (Å²) in [6, 6.07) is 12.9. The van der Waals surface area contributed by atoms with Crippen LogP contribution in [0.4, 0.5) is 0 Å². The third-order valence-corrected chi connectivity index (χ3v) is 5.28. The highest BCUT2D eigenvalue weighted by Crippen LogP contribution is 2.23. The Hall–Kier alpha value is -1.83. The van der Waals surface area contributed by atoms with E-state index in [1.807, 2.05) is 30.3 Å². The van der Waals surface area contributed by atoms with Crippen molar-refractivity contribution < 1.29 is 9.59 Å². The largest absolute Gasteiger partial charge is 0.285 e. The predicted octanol–water partition coefficient (Wildman–Crippen LogP) is 3.18. The molecule has 1 saturated heterocycles. The number of amidine groups is 1. The van der Waals surface area contributed by atoms with E-state index >= 15 is 0 Å². The summed E-state index contributed by atoms with van der Waals surface area (Å²) in [4.78, 5) is 26.0. The Morgan fingerprint density at radius 3 is 2.74 bits per heavy atom. The van der Waals surface area contributed by atoms with Crippen molar-refractivity contribution in [3.05, 3.63) is 57.2 Å². The van der Waals surface area contributed by atoms with Crippen LogP contribution in [0.5, 0.6) is 0 Å².